The Kier molecular flexibility index (Phi) is 4.08. The van der Waals surface area contributed by atoms with Crippen LogP contribution in [0.1, 0.15) is 17.3 Å². The van der Waals surface area contributed by atoms with Crippen LogP contribution in [0.5, 0.6) is 11.5 Å². The van der Waals surface area contributed by atoms with Gasteiger partial charge in [0.05, 0.1) is 18.0 Å². The van der Waals surface area contributed by atoms with E-state index in [2.05, 4.69) is 16.7 Å². The molecule has 0 aromatic heterocycles. The second-order valence-electron chi connectivity index (χ2n) is 5.96. The molecule has 4 nitrogen and oxygen atoms in total. The molecule has 2 aliphatic heterocycles. The maximum atomic E-state index is 6.21. The average molecular weight is 361 g/mol. The highest BCUT2D eigenvalue weighted by Gasteiger charge is 2.40. The minimum Gasteiger partial charge on any atom is -0.493 e. The van der Waals surface area contributed by atoms with Crippen molar-refractivity contribution in [1.82, 2.24) is 10.6 Å². The monoisotopic (exact) mass is 360 g/mol. The van der Waals surface area contributed by atoms with Crippen molar-refractivity contribution in [2.24, 2.45) is 5.92 Å². The Morgan fingerprint density at radius 3 is 2.75 bits per heavy atom. The number of benzene rings is 2. The molecule has 0 spiro atoms. The van der Waals surface area contributed by atoms with E-state index in [-0.39, 0.29) is 18.3 Å². The highest BCUT2D eigenvalue weighted by atomic mass is 35.5. The summed E-state index contributed by atoms with van der Waals surface area (Å²) in [4.78, 5) is 0.812. The molecular formula is C18H17ClN2O2S. The minimum absolute atomic E-state index is 0.100. The second kappa shape index (κ2) is 6.24. The Balaban J connectivity index is 1.62. The lowest BCUT2D eigenvalue weighted by Crippen LogP contribution is -2.60. The van der Waals surface area contributed by atoms with E-state index >= 15 is 0 Å². The van der Waals surface area contributed by atoms with Crippen LogP contribution in [0.25, 0.3) is 0 Å². The van der Waals surface area contributed by atoms with Gasteiger partial charge in [0.15, 0.2) is 17.7 Å². The third-order valence-electron chi connectivity index (χ3n) is 4.49. The summed E-state index contributed by atoms with van der Waals surface area (Å²) in [6.45, 7) is 0. The maximum absolute atomic E-state index is 6.21. The number of rotatable bonds is 2. The molecule has 2 aromatic rings. The lowest BCUT2D eigenvalue weighted by molar-refractivity contribution is 0.0771. The van der Waals surface area contributed by atoms with Crippen LogP contribution < -0.4 is 20.1 Å². The largest absolute Gasteiger partial charge is 0.493 e. The lowest BCUT2D eigenvalue weighted by atomic mass is 9.91. The maximum Gasteiger partial charge on any atom is 0.166 e. The zero-order chi connectivity index (χ0) is 16.7. The molecule has 124 valence electrons. The van der Waals surface area contributed by atoms with E-state index < -0.39 is 0 Å². The van der Waals surface area contributed by atoms with Crippen molar-refractivity contribution < 1.29 is 9.47 Å². The summed E-state index contributed by atoms with van der Waals surface area (Å²) in [5.74, 6) is 1.65. The highest BCUT2D eigenvalue weighted by molar-refractivity contribution is 7.80. The van der Waals surface area contributed by atoms with Crippen LogP contribution >= 0.6 is 23.8 Å². The molecule has 0 aliphatic carbocycles. The minimum atomic E-state index is -0.191. The highest BCUT2D eigenvalue weighted by Crippen LogP contribution is 2.39. The van der Waals surface area contributed by atoms with E-state index in [9.17, 15) is 0 Å². The first-order chi connectivity index (χ1) is 11.7. The second-order valence-corrected chi connectivity index (χ2v) is 6.83. The molecule has 6 heteroatoms. The number of methoxy groups -OCH3 is 1. The molecule has 24 heavy (non-hydrogen) atoms. The van der Waals surface area contributed by atoms with Gasteiger partial charge in [-0.2, -0.15) is 0 Å². The van der Waals surface area contributed by atoms with Crippen molar-refractivity contribution in [3.63, 3.8) is 0 Å². The van der Waals surface area contributed by atoms with Crippen molar-refractivity contribution in [3.05, 3.63) is 58.6 Å². The molecule has 3 atom stereocenters. The smallest absolute Gasteiger partial charge is 0.166 e. The van der Waals surface area contributed by atoms with E-state index in [1.165, 1.54) is 0 Å². The number of ether oxygens (including phenoxy) is 2. The van der Waals surface area contributed by atoms with Crippen molar-refractivity contribution in [2.45, 2.75) is 18.8 Å². The lowest BCUT2D eigenvalue weighted by Gasteiger charge is -2.42. The third-order valence-corrected chi connectivity index (χ3v) is 5.16. The van der Waals surface area contributed by atoms with Crippen molar-refractivity contribution in [3.8, 4) is 11.5 Å². The number of para-hydroxylation sites is 1. The average Bonchev–Trinajstić information content (AvgIpc) is 2.60. The predicted octanol–water partition coefficient (Wildman–Crippen LogP) is 3.44. The van der Waals surface area contributed by atoms with Gasteiger partial charge in [-0.3, -0.25) is 5.32 Å². The standard InChI is InChI=1S/C18H17ClN2O2S/c1-22-14-4-2-3-11-9-13-17(23-15(11)14)20-16(21-18(13)24)10-5-7-12(19)8-6-10/h2-8,13,16-17,20H,9H2,1H3,(H,21,24). The first-order valence-electron chi connectivity index (χ1n) is 7.80. The zero-order valence-corrected chi connectivity index (χ0v) is 14.7. The van der Waals surface area contributed by atoms with Gasteiger partial charge in [0, 0.05) is 5.02 Å². The zero-order valence-electron chi connectivity index (χ0n) is 13.1. The van der Waals surface area contributed by atoms with Gasteiger partial charge in [-0.05, 0) is 35.7 Å². The van der Waals surface area contributed by atoms with E-state index in [1.54, 1.807) is 7.11 Å². The fourth-order valence-electron chi connectivity index (χ4n) is 3.24. The Morgan fingerprint density at radius 2 is 2.00 bits per heavy atom. The quantitative estimate of drug-likeness (QED) is 0.803. The van der Waals surface area contributed by atoms with Crippen LogP contribution in [0.2, 0.25) is 5.02 Å². The number of nitrogens with one attached hydrogen (secondary N) is 2. The van der Waals surface area contributed by atoms with Gasteiger partial charge >= 0.3 is 0 Å². The Morgan fingerprint density at radius 1 is 1.21 bits per heavy atom. The van der Waals surface area contributed by atoms with Gasteiger partial charge in [0.2, 0.25) is 0 Å². The van der Waals surface area contributed by atoms with E-state index in [0.717, 1.165) is 34.0 Å². The predicted molar refractivity (Wildman–Crippen MR) is 97.7 cm³/mol. The summed E-state index contributed by atoms with van der Waals surface area (Å²) in [6, 6.07) is 13.6. The van der Waals surface area contributed by atoms with Gasteiger partial charge in [-0.15, -0.1) is 0 Å². The van der Waals surface area contributed by atoms with Gasteiger partial charge in [0.25, 0.3) is 0 Å². The van der Waals surface area contributed by atoms with Crippen molar-refractivity contribution >= 4 is 28.8 Å². The number of fused-ring (bicyclic) bond motifs is 2. The topological polar surface area (TPSA) is 42.5 Å². The molecule has 3 unspecified atom stereocenters. The van der Waals surface area contributed by atoms with E-state index in [4.69, 9.17) is 33.3 Å². The Labute approximate surface area is 151 Å². The molecule has 2 aliphatic rings. The first-order valence-corrected chi connectivity index (χ1v) is 8.59. The first kappa shape index (κ1) is 15.7. The van der Waals surface area contributed by atoms with Gasteiger partial charge in [0.1, 0.15) is 6.17 Å². The van der Waals surface area contributed by atoms with Crippen LogP contribution in [-0.4, -0.2) is 18.3 Å². The summed E-state index contributed by atoms with van der Waals surface area (Å²) in [5.41, 5.74) is 2.18. The molecule has 0 bridgehead atoms. The van der Waals surface area contributed by atoms with Crippen LogP contribution in [0.15, 0.2) is 42.5 Å². The molecular weight excluding hydrogens is 344 g/mol. The van der Waals surface area contributed by atoms with Gasteiger partial charge < -0.3 is 14.8 Å². The summed E-state index contributed by atoms with van der Waals surface area (Å²) < 4.78 is 11.6. The number of halogens is 1. The third kappa shape index (κ3) is 2.73. The Hall–Kier alpha value is -1.82. The molecule has 4 rings (SSSR count). The SMILES string of the molecule is COc1cccc2c1OC1NC(c3ccc(Cl)cc3)NC(=S)C1C2. The number of thiocarbonyl (C=S) groups is 1. The summed E-state index contributed by atoms with van der Waals surface area (Å²) >= 11 is 11.6. The van der Waals surface area contributed by atoms with Crippen LogP contribution in [0, 0.1) is 5.92 Å². The van der Waals surface area contributed by atoms with Crippen molar-refractivity contribution in [1.29, 1.82) is 0 Å². The van der Waals surface area contributed by atoms with Crippen molar-refractivity contribution in [2.75, 3.05) is 7.11 Å². The number of hydrogen-bond acceptors (Lipinski definition) is 4. The molecule has 0 amide bonds. The fourth-order valence-corrected chi connectivity index (χ4v) is 3.69. The van der Waals surface area contributed by atoms with Crippen LogP contribution in [0.4, 0.5) is 0 Å². The summed E-state index contributed by atoms with van der Waals surface area (Å²) in [5, 5.41) is 7.58. The summed E-state index contributed by atoms with van der Waals surface area (Å²) in [6.07, 6.45) is 0.527. The molecule has 2 heterocycles. The molecule has 0 saturated carbocycles. The molecule has 1 fully saturated rings. The van der Waals surface area contributed by atoms with Gasteiger partial charge in [-0.25, -0.2) is 0 Å². The molecule has 2 N–H and O–H groups in total. The van der Waals surface area contributed by atoms with E-state index in [0.29, 0.717) is 5.02 Å². The molecule has 1 saturated heterocycles. The molecule has 2 aromatic carbocycles. The molecule has 0 radical (unpaired) electrons. The fraction of sp³-hybridized carbons (Fsp3) is 0.278. The van der Waals surface area contributed by atoms with E-state index in [1.807, 2.05) is 36.4 Å². The Bertz CT molecular complexity index is 781. The van der Waals surface area contributed by atoms with Crippen LogP contribution in [0.3, 0.4) is 0 Å². The van der Waals surface area contributed by atoms with Crippen LogP contribution in [-0.2, 0) is 6.42 Å². The number of hydrogen-bond donors (Lipinski definition) is 2. The summed E-state index contributed by atoms with van der Waals surface area (Å²) in [7, 11) is 1.65. The normalized spacial score (nSPS) is 25.1. The van der Waals surface area contributed by atoms with Gasteiger partial charge in [-0.1, -0.05) is 48.1 Å².